The van der Waals surface area contributed by atoms with Gasteiger partial charge in [0.15, 0.2) is 0 Å². The Bertz CT molecular complexity index is 1370. The fourth-order valence-electron chi connectivity index (χ4n) is 4.45. The van der Waals surface area contributed by atoms with Crippen LogP contribution in [0, 0.1) is 5.82 Å². The average Bonchev–Trinajstić information content (AvgIpc) is 3.28. The molecule has 1 aliphatic rings. The number of hydrogen-bond acceptors (Lipinski definition) is 4. The van der Waals surface area contributed by atoms with Crippen LogP contribution in [0.4, 0.5) is 4.39 Å². The number of hydrogen-bond donors (Lipinski definition) is 1. The first kappa shape index (κ1) is 23.5. The molecule has 1 aromatic heterocycles. The number of para-hydroxylation sites is 2. The maximum Gasteiger partial charge on any atom is 0.251 e. The maximum absolute atomic E-state index is 13.7. The zero-order valence-electron chi connectivity index (χ0n) is 19.4. The predicted octanol–water partition coefficient (Wildman–Crippen LogP) is 4.94. The Balaban J connectivity index is 1.51. The van der Waals surface area contributed by atoms with Gasteiger partial charge in [0.05, 0.1) is 29.3 Å². The molecule has 4 aromatic rings. The second-order valence-electron chi connectivity index (χ2n) is 8.78. The lowest BCUT2D eigenvalue weighted by molar-refractivity contribution is 0.0342. The highest BCUT2D eigenvalue weighted by molar-refractivity contribution is 6.33. The van der Waals surface area contributed by atoms with Crippen molar-refractivity contribution in [3.05, 3.63) is 83.4 Å². The molecule has 1 saturated heterocycles. The number of benzene rings is 3. The Kier molecular flexibility index (Phi) is 6.81. The Hall–Kier alpha value is -3.26. The number of rotatable bonds is 6. The third-order valence-corrected chi connectivity index (χ3v) is 6.48. The van der Waals surface area contributed by atoms with Gasteiger partial charge >= 0.3 is 0 Å². The molecule has 0 spiro atoms. The zero-order chi connectivity index (χ0) is 24.4. The first-order chi connectivity index (χ1) is 17.0. The SMILES string of the molecule is C[C@H](CN1CCOCC1)NC(=O)c1cc(-c2ccc(F)cc2Cl)cc(-n2cnc3ccccc32)c1. The van der Waals surface area contributed by atoms with Crippen molar-refractivity contribution in [2.75, 3.05) is 32.8 Å². The zero-order valence-corrected chi connectivity index (χ0v) is 20.1. The van der Waals surface area contributed by atoms with E-state index >= 15 is 0 Å². The normalized spacial score (nSPS) is 15.3. The van der Waals surface area contributed by atoms with Gasteiger partial charge in [0.1, 0.15) is 12.1 Å². The quantitative estimate of drug-likeness (QED) is 0.414. The predicted molar refractivity (Wildman–Crippen MR) is 136 cm³/mol. The molecule has 1 aliphatic heterocycles. The number of carbonyl (C=O) groups is 1. The number of morpholine rings is 1. The van der Waals surface area contributed by atoms with E-state index in [0.29, 0.717) is 24.3 Å². The minimum atomic E-state index is -0.412. The lowest BCUT2D eigenvalue weighted by Gasteiger charge is -2.29. The molecule has 6 nitrogen and oxygen atoms in total. The van der Waals surface area contributed by atoms with E-state index in [1.807, 2.05) is 47.9 Å². The van der Waals surface area contributed by atoms with Crippen LogP contribution in [0.2, 0.25) is 5.02 Å². The van der Waals surface area contributed by atoms with Crippen LogP contribution in [0.25, 0.3) is 27.8 Å². The van der Waals surface area contributed by atoms with Gasteiger partial charge in [-0.1, -0.05) is 23.7 Å². The summed E-state index contributed by atoms with van der Waals surface area (Å²) in [4.78, 5) is 20.1. The first-order valence-electron chi connectivity index (χ1n) is 11.6. The van der Waals surface area contributed by atoms with Crippen molar-refractivity contribution in [3.63, 3.8) is 0 Å². The van der Waals surface area contributed by atoms with Crippen LogP contribution in [0.15, 0.2) is 67.0 Å². The lowest BCUT2D eigenvalue weighted by Crippen LogP contribution is -2.46. The van der Waals surface area contributed by atoms with Gasteiger partial charge in [-0.3, -0.25) is 14.3 Å². The molecule has 1 N–H and O–H groups in total. The van der Waals surface area contributed by atoms with E-state index in [1.165, 1.54) is 12.1 Å². The number of nitrogens with zero attached hydrogens (tertiary/aromatic N) is 3. The summed E-state index contributed by atoms with van der Waals surface area (Å²) in [6.07, 6.45) is 1.73. The fraction of sp³-hybridized carbons (Fsp3) is 0.259. The van der Waals surface area contributed by atoms with Crippen molar-refractivity contribution in [1.29, 1.82) is 0 Å². The molecule has 5 rings (SSSR count). The van der Waals surface area contributed by atoms with Crippen molar-refractivity contribution in [2.24, 2.45) is 0 Å². The molecular formula is C27H26ClFN4O2. The van der Waals surface area contributed by atoms with Crippen molar-refractivity contribution in [1.82, 2.24) is 19.8 Å². The fourth-order valence-corrected chi connectivity index (χ4v) is 4.73. The Morgan fingerprint density at radius 1 is 1.14 bits per heavy atom. The van der Waals surface area contributed by atoms with Gasteiger partial charge in [-0.15, -0.1) is 0 Å². The molecule has 0 aliphatic carbocycles. The van der Waals surface area contributed by atoms with Crippen LogP contribution in [-0.2, 0) is 4.74 Å². The van der Waals surface area contributed by atoms with Crippen LogP contribution in [0.3, 0.4) is 0 Å². The summed E-state index contributed by atoms with van der Waals surface area (Å²) >= 11 is 6.39. The van der Waals surface area contributed by atoms with E-state index in [2.05, 4.69) is 15.2 Å². The van der Waals surface area contributed by atoms with Crippen LogP contribution in [0.5, 0.6) is 0 Å². The molecule has 8 heteroatoms. The third-order valence-electron chi connectivity index (χ3n) is 6.17. The van der Waals surface area contributed by atoms with Gasteiger partial charge < -0.3 is 10.1 Å². The summed E-state index contributed by atoms with van der Waals surface area (Å²) < 4.78 is 21.1. The molecule has 3 aromatic carbocycles. The molecule has 180 valence electrons. The van der Waals surface area contributed by atoms with E-state index in [0.717, 1.165) is 41.9 Å². The van der Waals surface area contributed by atoms with Gasteiger partial charge in [-0.2, -0.15) is 0 Å². The average molecular weight is 493 g/mol. The highest BCUT2D eigenvalue weighted by atomic mass is 35.5. The number of fused-ring (bicyclic) bond motifs is 1. The van der Waals surface area contributed by atoms with Crippen LogP contribution >= 0.6 is 11.6 Å². The van der Waals surface area contributed by atoms with Crippen molar-refractivity contribution in [3.8, 4) is 16.8 Å². The lowest BCUT2D eigenvalue weighted by atomic mass is 10.0. The number of nitrogens with one attached hydrogen (secondary N) is 1. The van der Waals surface area contributed by atoms with Crippen molar-refractivity contribution < 1.29 is 13.9 Å². The van der Waals surface area contributed by atoms with E-state index in [-0.39, 0.29) is 17.0 Å². The summed E-state index contributed by atoms with van der Waals surface area (Å²) in [5.74, 6) is -0.595. The summed E-state index contributed by atoms with van der Waals surface area (Å²) in [5, 5.41) is 3.40. The summed E-state index contributed by atoms with van der Waals surface area (Å²) in [7, 11) is 0. The highest BCUT2D eigenvalue weighted by Gasteiger charge is 2.18. The Morgan fingerprint density at radius 2 is 1.94 bits per heavy atom. The number of aromatic nitrogens is 2. The van der Waals surface area contributed by atoms with Gasteiger partial charge in [0.25, 0.3) is 5.91 Å². The summed E-state index contributed by atoms with van der Waals surface area (Å²) in [5.41, 5.74) is 4.39. The van der Waals surface area contributed by atoms with Gasteiger partial charge in [0, 0.05) is 42.5 Å². The minimum absolute atomic E-state index is 0.0452. The number of carbonyl (C=O) groups excluding carboxylic acids is 1. The molecule has 0 saturated carbocycles. The summed E-state index contributed by atoms with van der Waals surface area (Å²) in [6.45, 7) is 5.88. The van der Waals surface area contributed by atoms with E-state index in [9.17, 15) is 9.18 Å². The molecule has 0 bridgehead atoms. The molecule has 1 atom stereocenters. The molecular weight excluding hydrogens is 467 g/mol. The van der Waals surface area contributed by atoms with E-state index in [4.69, 9.17) is 16.3 Å². The molecule has 35 heavy (non-hydrogen) atoms. The second-order valence-corrected chi connectivity index (χ2v) is 9.19. The van der Waals surface area contributed by atoms with Gasteiger partial charge in [-0.05, 0) is 61.0 Å². The topological polar surface area (TPSA) is 59.4 Å². The largest absolute Gasteiger partial charge is 0.379 e. The number of amides is 1. The molecule has 2 heterocycles. The monoisotopic (exact) mass is 492 g/mol. The van der Waals surface area contributed by atoms with Gasteiger partial charge in [-0.25, -0.2) is 9.37 Å². The van der Waals surface area contributed by atoms with Crippen LogP contribution in [0.1, 0.15) is 17.3 Å². The number of imidazole rings is 1. The minimum Gasteiger partial charge on any atom is -0.379 e. The van der Waals surface area contributed by atoms with Crippen molar-refractivity contribution >= 4 is 28.5 Å². The van der Waals surface area contributed by atoms with Crippen LogP contribution in [-0.4, -0.2) is 59.2 Å². The summed E-state index contributed by atoms with van der Waals surface area (Å²) in [6, 6.07) is 17.6. The third kappa shape index (κ3) is 5.22. The molecule has 1 amide bonds. The Morgan fingerprint density at radius 3 is 2.74 bits per heavy atom. The first-order valence-corrected chi connectivity index (χ1v) is 12.0. The number of ether oxygens (including phenoxy) is 1. The number of halogens is 2. The second kappa shape index (κ2) is 10.2. The molecule has 1 fully saturated rings. The van der Waals surface area contributed by atoms with E-state index < -0.39 is 5.82 Å². The smallest absolute Gasteiger partial charge is 0.251 e. The standard InChI is InChI=1S/C27H26ClFN4O2/c1-18(16-32-8-10-35-11-9-32)31-27(34)20-12-19(23-7-6-21(29)15-24(23)28)13-22(14-20)33-17-30-25-4-2-3-5-26(25)33/h2-7,12-15,17-18H,8-11,16H2,1H3,(H,31,34)/t18-/m1/s1. The van der Waals surface area contributed by atoms with Gasteiger partial charge in [0.2, 0.25) is 0 Å². The Labute approximate surface area is 208 Å². The highest BCUT2D eigenvalue weighted by Crippen LogP contribution is 2.32. The maximum atomic E-state index is 13.7. The van der Waals surface area contributed by atoms with E-state index in [1.54, 1.807) is 18.5 Å². The molecule has 0 radical (unpaired) electrons. The molecule has 0 unspecified atom stereocenters. The van der Waals surface area contributed by atoms with Crippen molar-refractivity contribution in [2.45, 2.75) is 13.0 Å². The van der Waals surface area contributed by atoms with Crippen LogP contribution < -0.4 is 5.32 Å².